The highest BCUT2D eigenvalue weighted by Gasteiger charge is 2.15. The van der Waals surface area contributed by atoms with Gasteiger partial charge in [0.1, 0.15) is 5.76 Å². The molecule has 0 aliphatic carbocycles. The Morgan fingerprint density at radius 1 is 1.25 bits per heavy atom. The molecule has 0 radical (unpaired) electrons. The fraction of sp³-hybridized carbons (Fsp3) is 0.133. The summed E-state index contributed by atoms with van der Waals surface area (Å²) in [4.78, 5) is 23.4. The van der Waals surface area contributed by atoms with Gasteiger partial charge in [-0.3, -0.25) is 4.79 Å². The van der Waals surface area contributed by atoms with Crippen LogP contribution in [0.15, 0.2) is 39.5 Å². The third-order valence-electron chi connectivity index (χ3n) is 2.83. The summed E-state index contributed by atoms with van der Waals surface area (Å²) in [5.41, 5.74) is 1.51. The van der Waals surface area contributed by atoms with Crippen molar-refractivity contribution in [2.75, 3.05) is 5.32 Å². The van der Waals surface area contributed by atoms with E-state index in [0.717, 1.165) is 0 Å². The number of aryl methyl sites for hydroxylation is 2. The first-order chi connectivity index (χ1) is 9.51. The van der Waals surface area contributed by atoms with Gasteiger partial charge in [0.2, 0.25) is 0 Å². The van der Waals surface area contributed by atoms with Gasteiger partial charge in [-0.1, -0.05) is 0 Å². The SMILES string of the molecule is Cc1cc(=O)oc(C)c1C(=O)Nc1ccc(C#N)cc1. The van der Waals surface area contributed by atoms with E-state index in [1.165, 1.54) is 6.07 Å². The van der Waals surface area contributed by atoms with E-state index in [0.29, 0.717) is 22.4 Å². The summed E-state index contributed by atoms with van der Waals surface area (Å²) >= 11 is 0. The van der Waals surface area contributed by atoms with Crippen molar-refractivity contribution in [2.24, 2.45) is 0 Å². The van der Waals surface area contributed by atoms with Crippen molar-refractivity contribution in [1.82, 2.24) is 0 Å². The monoisotopic (exact) mass is 268 g/mol. The maximum atomic E-state index is 12.2. The number of nitriles is 1. The molecule has 1 heterocycles. The topological polar surface area (TPSA) is 83.1 Å². The van der Waals surface area contributed by atoms with Gasteiger partial charge in [-0.15, -0.1) is 0 Å². The first-order valence-corrected chi connectivity index (χ1v) is 5.94. The van der Waals surface area contributed by atoms with Gasteiger partial charge < -0.3 is 9.73 Å². The lowest BCUT2D eigenvalue weighted by atomic mass is 10.1. The van der Waals surface area contributed by atoms with Gasteiger partial charge >= 0.3 is 5.63 Å². The van der Waals surface area contributed by atoms with Crippen LogP contribution in [0.3, 0.4) is 0 Å². The van der Waals surface area contributed by atoms with Gasteiger partial charge in [-0.2, -0.15) is 5.26 Å². The summed E-state index contributed by atoms with van der Waals surface area (Å²) in [6.45, 7) is 3.25. The highest BCUT2D eigenvalue weighted by atomic mass is 16.4. The van der Waals surface area contributed by atoms with E-state index in [-0.39, 0.29) is 11.7 Å². The lowest BCUT2D eigenvalue weighted by Crippen LogP contribution is -2.17. The van der Waals surface area contributed by atoms with Crippen LogP contribution in [0.2, 0.25) is 0 Å². The maximum Gasteiger partial charge on any atom is 0.336 e. The van der Waals surface area contributed by atoms with Crippen LogP contribution < -0.4 is 10.9 Å². The third kappa shape index (κ3) is 2.75. The molecule has 1 N–H and O–H groups in total. The Labute approximate surface area is 115 Å². The maximum absolute atomic E-state index is 12.2. The highest BCUT2D eigenvalue weighted by molar-refractivity contribution is 6.05. The quantitative estimate of drug-likeness (QED) is 0.906. The Bertz CT molecular complexity index is 726. The molecule has 0 aliphatic rings. The smallest absolute Gasteiger partial charge is 0.336 e. The minimum atomic E-state index is -0.477. The predicted octanol–water partition coefficient (Wildman–Crippen LogP) is 2.38. The first kappa shape index (κ1) is 13.6. The number of anilines is 1. The molecule has 0 saturated heterocycles. The van der Waals surface area contributed by atoms with Crippen molar-refractivity contribution in [3.05, 3.63) is 63.2 Å². The van der Waals surface area contributed by atoms with Gasteiger partial charge in [0.15, 0.2) is 0 Å². The van der Waals surface area contributed by atoms with Crippen LogP contribution in [0.4, 0.5) is 5.69 Å². The molecular weight excluding hydrogens is 256 g/mol. The van der Waals surface area contributed by atoms with Crippen LogP contribution in [0.5, 0.6) is 0 Å². The standard InChI is InChI=1S/C15H12N2O3/c1-9-7-13(18)20-10(2)14(9)15(19)17-12-5-3-11(8-16)4-6-12/h3-7H,1-2H3,(H,17,19). The molecule has 1 aromatic carbocycles. The second kappa shape index (κ2) is 5.41. The van der Waals surface area contributed by atoms with Crippen molar-refractivity contribution < 1.29 is 9.21 Å². The van der Waals surface area contributed by atoms with Crippen molar-refractivity contribution >= 4 is 11.6 Å². The van der Waals surface area contributed by atoms with Crippen molar-refractivity contribution in [2.45, 2.75) is 13.8 Å². The zero-order valence-electron chi connectivity index (χ0n) is 11.1. The number of carbonyl (C=O) groups excluding carboxylic acids is 1. The molecule has 0 unspecified atom stereocenters. The summed E-state index contributed by atoms with van der Waals surface area (Å²) in [5, 5.41) is 11.4. The summed E-state index contributed by atoms with van der Waals surface area (Å²) in [7, 11) is 0. The number of carbonyl (C=O) groups is 1. The Balaban J connectivity index is 2.28. The van der Waals surface area contributed by atoms with Gasteiger partial charge in [0.05, 0.1) is 17.2 Å². The van der Waals surface area contributed by atoms with Crippen LogP contribution in [0.25, 0.3) is 0 Å². The molecule has 100 valence electrons. The van der Waals surface area contributed by atoms with Gasteiger partial charge in [0, 0.05) is 11.8 Å². The number of hydrogen-bond donors (Lipinski definition) is 1. The van der Waals surface area contributed by atoms with E-state index in [9.17, 15) is 9.59 Å². The van der Waals surface area contributed by atoms with E-state index in [1.807, 2.05) is 6.07 Å². The molecule has 5 nitrogen and oxygen atoms in total. The molecule has 2 aromatic rings. The van der Waals surface area contributed by atoms with Gasteiger partial charge in [-0.05, 0) is 43.7 Å². The predicted molar refractivity (Wildman–Crippen MR) is 73.6 cm³/mol. The molecule has 0 spiro atoms. The fourth-order valence-corrected chi connectivity index (χ4v) is 1.92. The fourth-order valence-electron chi connectivity index (χ4n) is 1.92. The summed E-state index contributed by atoms with van der Waals surface area (Å²) in [6.07, 6.45) is 0. The molecule has 0 bridgehead atoms. The number of amides is 1. The normalized spacial score (nSPS) is 9.85. The molecule has 1 aromatic heterocycles. The second-order valence-corrected chi connectivity index (χ2v) is 4.32. The molecule has 5 heteroatoms. The Morgan fingerprint density at radius 2 is 1.90 bits per heavy atom. The molecule has 1 amide bonds. The summed E-state index contributed by atoms with van der Waals surface area (Å²) < 4.78 is 4.92. The van der Waals surface area contributed by atoms with E-state index in [2.05, 4.69) is 5.32 Å². The van der Waals surface area contributed by atoms with Crippen molar-refractivity contribution in [1.29, 1.82) is 5.26 Å². The van der Waals surface area contributed by atoms with Crippen molar-refractivity contribution in [3.8, 4) is 6.07 Å². The average Bonchev–Trinajstić information content (AvgIpc) is 2.38. The zero-order valence-corrected chi connectivity index (χ0v) is 11.1. The van der Waals surface area contributed by atoms with E-state index in [1.54, 1.807) is 38.1 Å². The zero-order chi connectivity index (χ0) is 14.7. The van der Waals surface area contributed by atoms with Crippen molar-refractivity contribution in [3.63, 3.8) is 0 Å². The van der Waals surface area contributed by atoms with Crippen LogP contribution in [-0.2, 0) is 0 Å². The number of nitrogens with one attached hydrogen (secondary N) is 1. The molecule has 0 aliphatic heterocycles. The molecular formula is C15H12N2O3. The molecule has 0 atom stereocenters. The van der Waals surface area contributed by atoms with Crippen LogP contribution in [0.1, 0.15) is 27.2 Å². The van der Waals surface area contributed by atoms with Gasteiger partial charge in [0.25, 0.3) is 5.91 Å². The number of nitrogens with zero attached hydrogens (tertiary/aromatic N) is 1. The minimum absolute atomic E-state index is 0.279. The lowest BCUT2D eigenvalue weighted by molar-refractivity contribution is 0.102. The van der Waals surface area contributed by atoms with Gasteiger partial charge in [-0.25, -0.2) is 4.79 Å². The second-order valence-electron chi connectivity index (χ2n) is 4.32. The highest BCUT2D eigenvalue weighted by Crippen LogP contribution is 2.15. The van der Waals surface area contributed by atoms with Crippen LogP contribution in [-0.4, -0.2) is 5.91 Å². The lowest BCUT2D eigenvalue weighted by Gasteiger charge is -2.09. The Kier molecular flexibility index (Phi) is 3.67. The third-order valence-corrected chi connectivity index (χ3v) is 2.83. The number of benzene rings is 1. The Morgan fingerprint density at radius 3 is 2.45 bits per heavy atom. The minimum Gasteiger partial charge on any atom is -0.427 e. The van der Waals surface area contributed by atoms with E-state index in [4.69, 9.17) is 9.68 Å². The van der Waals surface area contributed by atoms with Crippen LogP contribution >= 0.6 is 0 Å². The molecule has 0 saturated carbocycles. The number of rotatable bonds is 2. The average molecular weight is 268 g/mol. The van der Waals surface area contributed by atoms with E-state index < -0.39 is 5.63 Å². The first-order valence-electron chi connectivity index (χ1n) is 5.94. The molecule has 20 heavy (non-hydrogen) atoms. The summed E-state index contributed by atoms with van der Waals surface area (Å²) in [5.74, 6) is -0.0744. The molecule has 0 fully saturated rings. The van der Waals surface area contributed by atoms with Crippen LogP contribution in [0, 0.1) is 25.2 Å². The molecule has 2 rings (SSSR count). The number of hydrogen-bond acceptors (Lipinski definition) is 4. The Hall–Kier alpha value is -2.87. The summed E-state index contributed by atoms with van der Waals surface area (Å²) in [6, 6.07) is 9.78. The largest absolute Gasteiger partial charge is 0.427 e. The van der Waals surface area contributed by atoms with E-state index >= 15 is 0 Å².